The van der Waals surface area contributed by atoms with Crippen LogP contribution in [0.15, 0.2) is 0 Å². The lowest BCUT2D eigenvalue weighted by Gasteiger charge is -2.07. The molecule has 1 aliphatic rings. The number of amides is 2. The van der Waals surface area contributed by atoms with Gasteiger partial charge in [-0.2, -0.15) is 5.26 Å². The minimum absolute atomic E-state index is 0.0953. The van der Waals surface area contributed by atoms with Crippen LogP contribution in [0, 0.1) is 11.3 Å². The molecule has 0 N–H and O–H groups in total. The van der Waals surface area contributed by atoms with Crippen LogP contribution in [0.25, 0.3) is 0 Å². The highest BCUT2D eigenvalue weighted by Crippen LogP contribution is 2.44. The fourth-order valence-electron chi connectivity index (χ4n) is 1.61. The topological polar surface area (TPSA) is 61.2 Å². The summed E-state index contributed by atoms with van der Waals surface area (Å²) in [6.07, 6.45) is 0. The van der Waals surface area contributed by atoms with E-state index in [1.165, 1.54) is 0 Å². The van der Waals surface area contributed by atoms with Crippen molar-refractivity contribution in [2.45, 2.75) is 0 Å². The fourth-order valence-corrected chi connectivity index (χ4v) is 2.62. The van der Waals surface area contributed by atoms with Crippen LogP contribution in [0.5, 0.6) is 0 Å². The molecule has 0 saturated carbocycles. The highest BCUT2D eigenvalue weighted by molar-refractivity contribution is 6.55. The number of imide groups is 1. The number of carbonyl (C=O) groups excluding carboxylic acids is 2. The van der Waals surface area contributed by atoms with Gasteiger partial charge < -0.3 is 0 Å². The van der Waals surface area contributed by atoms with Crippen LogP contribution in [-0.4, -0.2) is 23.3 Å². The van der Waals surface area contributed by atoms with Crippen LogP contribution in [0.2, 0.25) is 20.1 Å². The molecule has 1 aromatic rings. The molecule has 1 aliphatic heterocycles. The third-order valence-electron chi connectivity index (χ3n) is 2.41. The van der Waals surface area contributed by atoms with E-state index in [0.717, 1.165) is 4.90 Å². The Bertz CT molecular complexity index is 589. The third-order valence-corrected chi connectivity index (χ3v) is 4.22. The number of rotatable bonds is 1. The van der Waals surface area contributed by atoms with Crippen molar-refractivity contribution >= 4 is 58.2 Å². The minimum atomic E-state index is -0.706. The Balaban J connectivity index is 2.77. The van der Waals surface area contributed by atoms with Crippen LogP contribution >= 0.6 is 46.4 Å². The SMILES string of the molecule is N#CCN1C(=O)c2c(Cl)c(Cl)c(Cl)c(Cl)c2C1=O. The first-order chi connectivity index (χ1) is 8.41. The summed E-state index contributed by atoms with van der Waals surface area (Å²) in [5, 5.41) is 8.11. The monoisotopic (exact) mass is 322 g/mol. The standard InChI is InChI=1S/C10H2Cl4N2O2/c11-5-3-4(6(12)8(14)7(5)13)10(18)16(2-1-15)9(3)17/h2H2. The van der Waals surface area contributed by atoms with Crippen LogP contribution < -0.4 is 0 Å². The summed E-state index contributed by atoms with van der Waals surface area (Å²) in [5.41, 5.74) is -0.229. The van der Waals surface area contributed by atoms with Crippen LogP contribution in [0.1, 0.15) is 20.7 Å². The van der Waals surface area contributed by atoms with Crippen molar-refractivity contribution in [2.75, 3.05) is 6.54 Å². The Hall–Kier alpha value is -0.990. The summed E-state index contributed by atoms with van der Waals surface area (Å²) < 4.78 is 0. The molecule has 1 aromatic carbocycles. The zero-order chi connectivity index (χ0) is 13.6. The molecule has 0 radical (unpaired) electrons. The molecule has 0 saturated heterocycles. The lowest BCUT2D eigenvalue weighted by atomic mass is 10.1. The quantitative estimate of drug-likeness (QED) is 0.344. The maximum absolute atomic E-state index is 11.9. The van der Waals surface area contributed by atoms with Gasteiger partial charge in [0.2, 0.25) is 0 Å². The third kappa shape index (κ3) is 1.67. The van der Waals surface area contributed by atoms with Crippen molar-refractivity contribution in [1.29, 1.82) is 5.26 Å². The summed E-state index contributed by atoms with van der Waals surface area (Å²) >= 11 is 23.4. The molecule has 0 unspecified atom stereocenters. The summed E-state index contributed by atoms with van der Waals surface area (Å²) in [6, 6.07) is 1.71. The van der Waals surface area contributed by atoms with Gasteiger partial charge in [0.25, 0.3) is 11.8 Å². The van der Waals surface area contributed by atoms with Crippen molar-refractivity contribution < 1.29 is 9.59 Å². The van der Waals surface area contributed by atoms with Gasteiger partial charge in [-0.25, -0.2) is 0 Å². The minimum Gasteiger partial charge on any atom is -0.268 e. The molecule has 18 heavy (non-hydrogen) atoms. The zero-order valence-corrected chi connectivity index (χ0v) is 11.5. The molecule has 2 amide bonds. The van der Waals surface area contributed by atoms with Gasteiger partial charge in [-0.3, -0.25) is 14.5 Å². The summed E-state index contributed by atoms with van der Waals surface area (Å²) in [4.78, 5) is 24.6. The number of hydrogen-bond acceptors (Lipinski definition) is 3. The molecule has 1 heterocycles. The fraction of sp³-hybridized carbons (Fsp3) is 0.100. The largest absolute Gasteiger partial charge is 0.268 e. The lowest BCUT2D eigenvalue weighted by Crippen LogP contribution is -2.30. The van der Waals surface area contributed by atoms with Gasteiger partial charge in [0.15, 0.2) is 0 Å². The van der Waals surface area contributed by atoms with Gasteiger partial charge >= 0.3 is 0 Å². The maximum Gasteiger partial charge on any atom is 0.264 e. The summed E-state index contributed by atoms with van der Waals surface area (Å²) in [7, 11) is 0. The van der Waals surface area contributed by atoms with E-state index in [9.17, 15) is 9.59 Å². The molecule has 2 rings (SSSR count). The first-order valence-corrected chi connectivity index (χ1v) is 6.02. The average molecular weight is 324 g/mol. The smallest absolute Gasteiger partial charge is 0.264 e. The van der Waals surface area contributed by atoms with Crippen molar-refractivity contribution in [2.24, 2.45) is 0 Å². The van der Waals surface area contributed by atoms with E-state index in [4.69, 9.17) is 51.7 Å². The Morgan fingerprint density at radius 3 is 1.61 bits per heavy atom. The van der Waals surface area contributed by atoms with Crippen molar-refractivity contribution in [3.8, 4) is 6.07 Å². The normalized spacial score (nSPS) is 13.8. The number of nitrogens with zero attached hydrogens (tertiary/aromatic N) is 2. The number of carbonyl (C=O) groups is 2. The molecular formula is C10H2Cl4N2O2. The number of benzene rings is 1. The number of hydrogen-bond donors (Lipinski definition) is 0. The van der Waals surface area contributed by atoms with Crippen LogP contribution in [-0.2, 0) is 0 Å². The second-order valence-corrected chi connectivity index (χ2v) is 4.87. The molecular weight excluding hydrogens is 322 g/mol. The molecule has 92 valence electrons. The average Bonchev–Trinajstić information content (AvgIpc) is 2.59. The zero-order valence-electron chi connectivity index (χ0n) is 8.43. The van der Waals surface area contributed by atoms with Crippen molar-refractivity contribution in [3.63, 3.8) is 0 Å². The highest BCUT2D eigenvalue weighted by atomic mass is 35.5. The first kappa shape index (κ1) is 13.4. The van der Waals surface area contributed by atoms with Gasteiger partial charge in [0, 0.05) is 0 Å². The molecule has 8 heteroatoms. The van der Waals surface area contributed by atoms with Gasteiger partial charge in [0.05, 0.1) is 37.3 Å². The molecule has 0 atom stereocenters. The van der Waals surface area contributed by atoms with E-state index in [1.54, 1.807) is 6.07 Å². The lowest BCUT2D eigenvalue weighted by molar-refractivity contribution is 0.0674. The Morgan fingerprint density at radius 2 is 1.28 bits per heavy atom. The Labute approximate surface area is 122 Å². The van der Waals surface area contributed by atoms with Crippen LogP contribution in [0.3, 0.4) is 0 Å². The van der Waals surface area contributed by atoms with Crippen LogP contribution in [0.4, 0.5) is 0 Å². The molecule has 0 aromatic heterocycles. The van der Waals surface area contributed by atoms with E-state index < -0.39 is 18.4 Å². The molecule has 0 spiro atoms. The van der Waals surface area contributed by atoms with Crippen molar-refractivity contribution in [3.05, 3.63) is 31.2 Å². The molecule has 0 aliphatic carbocycles. The predicted molar refractivity (Wildman–Crippen MR) is 67.5 cm³/mol. The molecule has 4 nitrogen and oxygen atoms in total. The van der Waals surface area contributed by atoms with Gasteiger partial charge in [0.1, 0.15) is 6.54 Å². The Morgan fingerprint density at radius 1 is 0.889 bits per heavy atom. The van der Waals surface area contributed by atoms with Gasteiger partial charge in [-0.15, -0.1) is 0 Å². The van der Waals surface area contributed by atoms with Gasteiger partial charge in [-0.05, 0) is 0 Å². The number of halogens is 4. The maximum atomic E-state index is 11.9. The second kappa shape index (κ2) is 4.60. The van der Waals surface area contributed by atoms with Gasteiger partial charge in [-0.1, -0.05) is 46.4 Å². The first-order valence-electron chi connectivity index (χ1n) is 4.50. The Kier molecular flexibility index (Phi) is 3.43. The summed E-state index contributed by atoms with van der Waals surface area (Å²) in [5.74, 6) is -1.41. The second-order valence-electron chi connectivity index (χ2n) is 3.36. The number of fused-ring (bicyclic) bond motifs is 1. The van der Waals surface area contributed by atoms with E-state index >= 15 is 0 Å². The van der Waals surface area contributed by atoms with E-state index in [2.05, 4.69) is 0 Å². The highest BCUT2D eigenvalue weighted by Gasteiger charge is 2.41. The van der Waals surface area contributed by atoms with Crippen molar-refractivity contribution in [1.82, 2.24) is 4.90 Å². The summed E-state index contributed by atoms with van der Waals surface area (Å²) in [6.45, 7) is -0.395. The van der Waals surface area contributed by atoms with E-state index in [0.29, 0.717) is 0 Å². The molecule has 0 fully saturated rings. The van der Waals surface area contributed by atoms with E-state index in [-0.39, 0.29) is 31.2 Å². The predicted octanol–water partition coefficient (Wildman–Crippen LogP) is 3.42. The van der Waals surface area contributed by atoms with E-state index in [1.807, 2.05) is 0 Å². The molecule has 0 bridgehead atoms. The number of nitriles is 1.